The molecule has 3 nitrogen and oxygen atoms in total. The molecule has 0 aliphatic carbocycles. The van der Waals surface area contributed by atoms with Gasteiger partial charge in [-0.1, -0.05) is 13.3 Å². The van der Waals surface area contributed by atoms with Gasteiger partial charge in [-0.2, -0.15) is 0 Å². The number of carbonyl (C=O) groups excluding carboxylic acids is 1. The first-order valence-electron chi connectivity index (χ1n) is 4.48. The second kappa shape index (κ2) is 6.00. The van der Waals surface area contributed by atoms with Crippen molar-refractivity contribution >= 4 is 5.91 Å². The van der Waals surface area contributed by atoms with Gasteiger partial charge in [0.25, 0.3) is 0 Å². The van der Waals surface area contributed by atoms with Gasteiger partial charge >= 0.3 is 0 Å². The second-order valence-corrected chi connectivity index (χ2v) is 3.34. The van der Waals surface area contributed by atoms with Crippen molar-refractivity contribution in [1.29, 1.82) is 0 Å². The van der Waals surface area contributed by atoms with Crippen molar-refractivity contribution in [2.24, 2.45) is 0 Å². The summed E-state index contributed by atoms with van der Waals surface area (Å²) in [6, 6.07) is 0.471. The third-order valence-corrected chi connectivity index (χ3v) is 1.94. The molecule has 0 heterocycles. The van der Waals surface area contributed by atoms with E-state index in [1.807, 2.05) is 14.1 Å². The van der Waals surface area contributed by atoms with E-state index in [4.69, 9.17) is 0 Å². The maximum Gasteiger partial charge on any atom is 0.216 e. The van der Waals surface area contributed by atoms with Crippen LogP contribution >= 0.6 is 0 Å². The maximum absolute atomic E-state index is 10.6. The van der Waals surface area contributed by atoms with Crippen LogP contribution in [0.3, 0.4) is 0 Å². The van der Waals surface area contributed by atoms with Gasteiger partial charge in [0.1, 0.15) is 0 Å². The summed E-state index contributed by atoms with van der Waals surface area (Å²) in [7, 11) is 4.09. The van der Waals surface area contributed by atoms with Crippen LogP contribution in [0.15, 0.2) is 0 Å². The molecule has 0 aromatic carbocycles. The van der Waals surface area contributed by atoms with E-state index in [9.17, 15) is 4.79 Å². The van der Waals surface area contributed by atoms with E-state index in [-0.39, 0.29) is 5.91 Å². The molecule has 0 spiro atoms. The van der Waals surface area contributed by atoms with Crippen LogP contribution in [-0.2, 0) is 4.79 Å². The summed E-state index contributed by atoms with van der Waals surface area (Å²) < 4.78 is 0. The molecule has 0 bridgehead atoms. The number of nitrogens with one attached hydrogen (secondary N) is 1. The molecular weight excluding hydrogens is 152 g/mol. The Bertz CT molecular complexity index is 134. The summed E-state index contributed by atoms with van der Waals surface area (Å²) in [6.45, 7) is 4.47. The minimum absolute atomic E-state index is 0.0537. The van der Waals surface area contributed by atoms with E-state index in [0.29, 0.717) is 6.04 Å². The Labute approximate surface area is 75.1 Å². The average molecular weight is 172 g/mol. The standard InChI is InChI=1S/C9H20N2O/c1-5-6-9(11(3)4)7-10-8(2)12/h9H,5-7H2,1-4H3,(H,10,12). The van der Waals surface area contributed by atoms with Gasteiger partial charge < -0.3 is 10.2 Å². The van der Waals surface area contributed by atoms with Gasteiger partial charge in [0.05, 0.1) is 0 Å². The van der Waals surface area contributed by atoms with E-state index in [1.165, 1.54) is 0 Å². The van der Waals surface area contributed by atoms with Gasteiger partial charge in [0.2, 0.25) is 5.91 Å². The topological polar surface area (TPSA) is 32.3 Å². The first-order chi connectivity index (χ1) is 5.57. The number of hydrogen-bond donors (Lipinski definition) is 1. The van der Waals surface area contributed by atoms with Crippen molar-refractivity contribution in [3.8, 4) is 0 Å². The minimum atomic E-state index is 0.0537. The third-order valence-electron chi connectivity index (χ3n) is 1.94. The first-order valence-corrected chi connectivity index (χ1v) is 4.48. The highest BCUT2D eigenvalue weighted by Crippen LogP contribution is 2.01. The summed E-state index contributed by atoms with van der Waals surface area (Å²) in [6.07, 6.45) is 2.29. The molecule has 1 N–H and O–H groups in total. The zero-order valence-electron chi connectivity index (χ0n) is 8.55. The summed E-state index contributed by atoms with van der Waals surface area (Å²) in [5.41, 5.74) is 0. The fourth-order valence-corrected chi connectivity index (χ4v) is 1.14. The van der Waals surface area contributed by atoms with Crippen molar-refractivity contribution < 1.29 is 4.79 Å². The van der Waals surface area contributed by atoms with Gasteiger partial charge in [-0.15, -0.1) is 0 Å². The smallest absolute Gasteiger partial charge is 0.216 e. The number of nitrogens with zero attached hydrogens (tertiary/aromatic N) is 1. The molecule has 0 rings (SSSR count). The molecule has 0 aromatic heterocycles. The first kappa shape index (κ1) is 11.4. The molecule has 0 aromatic rings. The Morgan fingerprint density at radius 1 is 1.50 bits per heavy atom. The predicted octanol–water partition coefficient (Wildman–Crippen LogP) is 0.853. The van der Waals surface area contributed by atoms with Gasteiger partial charge in [-0.05, 0) is 20.5 Å². The van der Waals surface area contributed by atoms with Crippen LogP contribution in [-0.4, -0.2) is 37.5 Å². The number of carbonyl (C=O) groups is 1. The summed E-state index contributed by atoms with van der Waals surface area (Å²) in [4.78, 5) is 12.8. The van der Waals surface area contributed by atoms with Crippen LogP contribution in [0.5, 0.6) is 0 Å². The molecule has 1 atom stereocenters. The Balaban J connectivity index is 3.70. The lowest BCUT2D eigenvalue weighted by Crippen LogP contribution is -2.39. The lowest BCUT2D eigenvalue weighted by atomic mass is 10.1. The van der Waals surface area contributed by atoms with Crippen molar-refractivity contribution in [3.63, 3.8) is 0 Å². The highest BCUT2D eigenvalue weighted by atomic mass is 16.1. The molecule has 1 unspecified atom stereocenters. The fourth-order valence-electron chi connectivity index (χ4n) is 1.14. The normalized spacial score (nSPS) is 13.1. The van der Waals surface area contributed by atoms with Gasteiger partial charge in [0, 0.05) is 19.5 Å². The molecule has 72 valence electrons. The lowest BCUT2D eigenvalue weighted by molar-refractivity contribution is -0.119. The third kappa shape index (κ3) is 5.13. The minimum Gasteiger partial charge on any atom is -0.355 e. The average Bonchev–Trinajstić information content (AvgIpc) is 1.96. The monoisotopic (exact) mass is 172 g/mol. The van der Waals surface area contributed by atoms with Gasteiger partial charge in [-0.25, -0.2) is 0 Å². The van der Waals surface area contributed by atoms with Crippen molar-refractivity contribution in [3.05, 3.63) is 0 Å². The molecule has 0 saturated carbocycles. The van der Waals surface area contributed by atoms with E-state index >= 15 is 0 Å². The van der Waals surface area contributed by atoms with Gasteiger partial charge in [0.15, 0.2) is 0 Å². The van der Waals surface area contributed by atoms with Crippen LogP contribution in [0, 0.1) is 0 Å². The Kier molecular flexibility index (Phi) is 5.72. The second-order valence-electron chi connectivity index (χ2n) is 3.34. The highest BCUT2D eigenvalue weighted by molar-refractivity contribution is 5.72. The number of rotatable bonds is 5. The molecular formula is C9H20N2O. The molecule has 0 fully saturated rings. The van der Waals surface area contributed by atoms with Gasteiger partial charge in [-0.3, -0.25) is 4.79 Å². The number of likely N-dealkylation sites (N-methyl/N-ethyl adjacent to an activating group) is 1. The molecule has 1 amide bonds. The van der Waals surface area contributed by atoms with E-state index in [1.54, 1.807) is 6.92 Å². The number of hydrogen-bond acceptors (Lipinski definition) is 2. The van der Waals surface area contributed by atoms with E-state index in [2.05, 4.69) is 17.1 Å². The molecule has 0 aliphatic rings. The lowest BCUT2D eigenvalue weighted by Gasteiger charge is -2.23. The van der Waals surface area contributed by atoms with Crippen LogP contribution in [0.1, 0.15) is 26.7 Å². The zero-order chi connectivity index (χ0) is 9.56. The van der Waals surface area contributed by atoms with E-state index < -0.39 is 0 Å². The quantitative estimate of drug-likeness (QED) is 0.667. The van der Waals surface area contributed by atoms with Crippen LogP contribution in [0.25, 0.3) is 0 Å². The highest BCUT2D eigenvalue weighted by Gasteiger charge is 2.09. The van der Waals surface area contributed by atoms with Crippen LogP contribution in [0.2, 0.25) is 0 Å². The van der Waals surface area contributed by atoms with Crippen LogP contribution < -0.4 is 5.32 Å². The molecule has 0 radical (unpaired) electrons. The Morgan fingerprint density at radius 2 is 2.08 bits per heavy atom. The summed E-state index contributed by atoms with van der Waals surface area (Å²) in [5, 5.41) is 2.83. The summed E-state index contributed by atoms with van der Waals surface area (Å²) in [5.74, 6) is 0.0537. The molecule has 0 aliphatic heterocycles. The molecule has 12 heavy (non-hydrogen) atoms. The SMILES string of the molecule is CCCC(CNC(C)=O)N(C)C. The van der Waals surface area contributed by atoms with Crippen molar-refractivity contribution in [2.45, 2.75) is 32.7 Å². The Morgan fingerprint density at radius 3 is 2.42 bits per heavy atom. The van der Waals surface area contributed by atoms with E-state index in [0.717, 1.165) is 19.4 Å². The molecule has 0 saturated heterocycles. The fraction of sp³-hybridized carbons (Fsp3) is 0.889. The van der Waals surface area contributed by atoms with Crippen molar-refractivity contribution in [1.82, 2.24) is 10.2 Å². The van der Waals surface area contributed by atoms with Crippen molar-refractivity contribution in [2.75, 3.05) is 20.6 Å². The number of amides is 1. The zero-order valence-corrected chi connectivity index (χ0v) is 8.55. The molecule has 3 heteroatoms. The maximum atomic E-state index is 10.6. The largest absolute Gasteiger partial charge is 0.355 e. The Hall–Kier alpha value is -0.570. The predicted molar refractivity (Wildman–Crippen MR) is 51.1 cm³/mol. The van der Waals surface area contributed by atoms with Crippen LogP contribution in [0.4, 0.5) is 0 Å². The summed E-state index contributed by atoms with van der Waals surface area (Å²) >= 11 is 0.